The summed E-state index contributed by atoms with van der Waals surface area (Å²) in [7, 11) is 0. The number of carbonyl (C=O) groups excluding carboxylic acids is 3. The van der Waals surface area contributed by atoms with Crippen LogP contribution in [0.5, 0.6) is 0 Å². The molecule has 0 aromatic carbocycles. The highest BCUT2D eigenvalue weighted by atomic mass is 16.6. The molecule has 0 spiro atoms. The minimum Gasteiger partial charge on any atom is -0.449 e. The van der Waals surface area contributed by atoms with Crippen LogP contribution in [-0.4, -0.2) is 41.8 Å². The molecule has 8 nitrogen and oxygen atoms in total. The van der Waals surface area contributed by atoms with Crippen LogP contribution in [0, 0.1) is 0 Å². The molecular formula is C22H43N3O5. The number of hydrogen-bond acceptors (Lipinski definition) is 6. The smallest absolute Gasteiger partial charge is 0.357 e. The molecule has 2 unspecified atom stereocenters. The van der Waals surface area contributed by atoms with Crippen molar-refractivity contribution in [2.45, 2.75) is 116 Å². The Hall–Kier alpha value is -1.67. The zero-order valence-electron chi connectivity index (χ0n) is 18.7. The molecule has 6 N–H and O–H groups in total. The number of primary amides is 1. The monoisotopic (exact) mass is 429 g/mol. The summed E-state index contributed by atoms with van der Waals surface area (Å²) in [5, 5.41) is 11.5. The predicted molar refractivity (Wildman–Crippen MR) is 117 cm³/mol. The van der Waals surface area contributed by atoms with Gasteiger partial charge >= 0.3 is 5.97 Å². The summed E-state index contributed by atoms with van der Waals surface area (Å²) < 4.78 is 4.91. The van der Waals surface area contributed by atoms with Crippen LogP contribution in [-0.2, 0) is 19.1 Å². The molecule has 2 amide bonds. The highest BCUT2D eigenvalue weighted by molar-refractivity contribution is 5.86. The number of aliphatic hydroxyl groups excluding tert-OH is 1. The average Bonchev–Trinajstić information content (AvgIpc) is 2.72. The van der Waals surface area contributed by atoms with E-state index in [0.717, 1.165) is 19.3 Å². The minimum atomic E-state index is -1.86. The predicted octanol–water partition coefficient (Wildman–Crippen LogP) is 2.65. The van der Waals surface area contributed by atoms with Gasteiger partial charge in [-0.15, -0.1) is 0 Å². The summed E-state index contributed by atoms with van der Waals surface area (Å²) in [4.78, 5) is 34.2. The van der Waals surface area contributed by atoms with Gasteiger partial charge in [0.25, 0.3) is 5.91 Å². The Balaban J connectivity index is 3.72. The summed E-state index contributed by atoms with van der Waals surface area (Å²) in [6, 6.07) is 0. The lowest BCUT2D eigenvalue weighted by Crippen LogP contribution is -2.46. The number of hydrogen-bond donors (Lipinski definition) is 4. The van der Waals surface area contributed by atoms with Gasteiger partial charge in [0.05, 0.1) is 6.54 Å². The highest BCUT2D eigenvalue weighted by Gasteiger charge is 2.25. The van der Waals surface area contributed by atoms with Gasteiger partial charge in [-0.25, -0.2) is 4.79 Å². The van der Waals surface area contributed by atoms with E-state index >= 15 is 0 Å². The summed E-state index contributed by atoms with van der Waals surface area (Å²) in [5.41, 5.74) is 10.3. The van der Waals surface area contributed by atoms with Crippen molar-refractivity contribution in [2.75, 3.05) is 6.54 Å². The van der Waals surface area contributed by atoms with E-state index in [1.54, 1.807) is 0 Å². The number of aliphatic hydroxyl groups is 1. The summed E-state index contributed by atoms with van der Waals surface area (Å²) >= 11 is 0. The third-order valence-corrected chi connectivity index (χ3v) is 5.10. The maximum absolute atomic E-state index is 11.7. The lowest BCUT2D eigenvalue weighted by Gasteiger charge is -2.17. The fraction of sp³-hybridized carbons (Fsp3) is 0.864. The van der Waals surface area contributed by atoms with Crippen LogP contribution in [0.15, 0.2) is 0 Å². The van der Waals surface area contributed by atoms with E-state index in [1.165, 1.54) is 64.2 Å². The van der Waals surface area contributed by atoms with Crippen molar-refractivity contribution in [3.05, 3.63) is 0 Å². The van der Waals surface area contributed by atoms with E-state index in [9.17, 15) is 19.5 Å². The first-order valence-corrected chi connectivity index (χ1v) is 11.6. The maximum Gasteiger partial charge on any atom is 0.357 e. The molecule has 0 aromatic heterocycles. The average molecular weight is 430 g/mol. The molecule has 30 heavy (non-hydrogen) atoms. The van der Waals surface area contributed by atoms with Crippen LogP contribution in [0.25, 0.3) is 0 Å². The third kappa shape index (κ3) is 16.2. The summed E-state index contributed by atoms with van der Waals surface area (Å²) in [5.74, 6) is -2.59. The van der Waals surface area contributed by atoms with Crippen LogP contribution < -0.4 is 16.8 Å². The minimum absolute atomic E-state index is 0.302. The van der Waals surface area contributed by atoms with E-state index < -0.39 is 30.1 Å². The SMILES string of the molecule is CCCCCCCCCCCCCCCCC(OC(=O)C(O)NC(=O)CN)C(N)=O. The number of nitrogens with one attached hydrogen (secondary N) is 1. The van der Waals surface area contributed by atoms with E-state index in [-0.39, 0.29) is 6.54 Å². The van der Waals surface area contributed by atoms with Crippen molar-refractivity contribution in [3.63, 3.8) is 0 Å². The number of rotatable bonds is 20. The standard InChI is InChI=1S/C22H43N3O5/c1-2-3-4-5-6-7-8-9-10-11-12-13-14-15-16-18(20(24)27)30-22(29)21(28)25-19(26)17-23/h18,21,28H,2-17,23H2,1H3,(H2,24,27)(H,25,26). The summed E-state index contributed by atoms with van der Waals surface area (Å²) in [6.45, 7) is 1.87. The second-order valence-corrected chi connectivity index (χ2v) is 7.89. The quantitative estimate of drug-likeness (QED) is 0.133. The summed E-state index contributed by atoms with van der Waals surface area (Å²) in [6.07, 6.45) is 14.4. The molecule has 0 aliphatic carbocycles. The molecular weight excluding hydrogens is 386 g/mol. The van der Waals surface area contributed by atoms with Crippen LogP contribution in [0.4, 0.5) is 0 Å². The van der Waals surface area contributed by atoms with Crippen LogP contribution in [0.2, 0.25) is 0 Å². The fourth-order valence-electron chi connectivity index (χ4n) is 3.26. The molecule has 0 rings (SSSR count). The van der Waals surface area contributed by atoms with E-state index in [4.69, 9.17) is 16.2 Å². The van der Waals surface area contributed by atoms with Gasteiger partial charge in [0, 0.05) is 0 Å². The van der Waals surface area contributed by atoms with Gasteiger partial charge < -0.3 is 26.6 Å². The largest absolute Gasteiger partial charge is 0.449 e. The van der Waals surface area contributed by atoms with E-state index in [2.05, 4.69) is 6.92 Å². The first-order chi connectivity index (χ1) is 14.4. The zero-order chi connectivity index (χ0) is 22.6. The van der Waals surface area contributed by atoms with Gasteiger partial charge in [-0.2, -0.15) is 0 Å². The second-order valence-electron chi connectivity index (χ2n) is 7.89. The number of unbranched alkanes of at least 4 members (excludes halogenated alkanes) is 13. The van der Waals surface area contributed by atoms with Crippen LogP contribution in [0.1, 0.15) is 103 Å². The molecule has 0 heterocycles. The topological polar surface area (TPSA) is 145 Å². The molecule has 0 saturated heterocycles. The third-order valence-electron chi connectivity index (χ3n) is 5.10. The number of nitrogens with two attached hydrogens (primary N) is 2. The molecule has 8 heteroatoms. The molecule has 0 fully saturated rings. The second kappa shape index (κ2) is 19.3. The molecule has 0 radical (unpaired) electrons. The van der Waals surface area contributed by atoms with Crippen molar-refractivity contribution in [1.82, 2.24) is 5.32 Å². The lowest BCUT2D eigenvalue weighted by molar-refractivity contribution is -0.166. The van der Waals surface area contributed by atoms with Gasteiger partial charge in [0.2, 0.25) is 12.1 Å². The molecule has 0 saturated carbocycles. The zero-order valence-corrected chi connectivity index (χ0v) is 18.7. The normalized spacial score (nSPS) is 12.9. The van der Waals surface area contributed by atoms with Gasteiger partial charge in [0.15, 0.2) is 6.10 Å². The Morgan fingerprint density at radius 1 is 0.833 bits per heavy atom. The van der Waals surface area contributed by atoms with E-state index in [0.29, 0.717) is 12.8 Å². The highest BCUT2D eigenvalue weighted by Crippen LogP contribution is 2.14. The molecule has 0 aliphatic rings. The van der Waals surface area contributed by atoms with E-state index in [1.807, 2.05) is 5.32 Å². The number of carbonyl (C=O) groups is 3. The van der Waals surface area contributed by atoms with Gasteiger partial charge in [-0.3, -0.25) is 9.59 Å². The maximum atomic E-state index is 11.7. The first kappa shape index (κ1) is 28.3. The van der Waals surface area contributed by atoms with Crippen molar-refractivity contribution in [2.24, 2.45) is 11.5 Å². The van der Waals surface area contributed by atoms with Crippen LogP contribution >= 0.6 is 0 Å². The Kier molecular flexibility index (Phi) is 18.2. The van der Waals surface area contributed by atoms with Crippen molar-refractivity contribution in [1.29, 1.82) is 0 Å². The Morgan fingerprint density at radius 2 is 1.27 bits per heavy atom. The molecule has 176 valence electrons. The van der Waals surface area contributed by atoms with Crippen molar-refractivity contribution in [3.8, 4) is 0 Å². The fourth-order valence-corrected chi connectivity index (χ4v) is 3.26. The van der Waals surface area contributed by atoms with Gasteiger partial charge in [-0.05, 0) is 12.8 Å². The lowest BCUT2D eigenvalue weighted by atomic mass is 10.0. The van der Waals surface area contributed by atoms with Crippen molar-refractivity contribution >= 4 is 17.8 Å². The van der Waals surface area contributed by atoms with Gasteiger partial charge in [-0.1, -0.05) is 90.4 Å². The Morgan fingerprint density at radius 3 is 1.67 bits per heavy atom. The number of amides is 2. The number of ether oxygens (including phenoxy) is 1. The van der Waals surface area contributed by atoms with Crippen LogP contribution in [0.3, 0.4) is 0 Å². The number of esters is 1. The molecule has 0 aliphatic heterocycles. The Labute approximate surface area is 181 Å². The molecule has 0 aromatic rings. The van der Waals surface area contributed by atoms with Crippen molar-refractivity contribution < 1.29 is 24.2 Å². The Bertz CT molecular complexity index is 474. The molecule has 2 atom stereocenters. The first-order valence-electron chi connectivity index (χ1n) is 11.6. The van der Waals surface area contributed by atoms with Gasteiger partial charge in [0.1, 0.15) is 0 Å². The molecule has 0 bridgehead atoms.